The molecule has 0 spiro atoms. The van der Waals surface area contributed by atoms with Gasteiger partial charge in [-0.1, -0.05) is 70.4 Å². The molecular weight excluding hydrogens is 336 g/mol. The maximum atomic E-state index is 6.08. The quantitative estimate of drug-likeness (QED) is 0.226. The van der Waals surface area contributed by atoms with Crippen LogP contribution in [0.2, 0.25) is 0 Å². The monoisotopic (exact) mass is 378 g/mol. The number of allylic oxidation sites excluding steroid dienone is 2. The molecule has 0 atom stereocenters. The number of hydrogen-bond donors (Lipinski definition) is 0. The van der Waals surface area contributed by atoms with Crippen LogP contribution < -0.4 is 0 Å². The Bertz CT molecular complexity index is 396. The van der Waals surface area contributed by atoms with Crippen molar-refractivity contribution in [2.45, 2.75) is 140 Å². The first kappa shape index (κ1) is 21.3. The van der Waals surface area contributed by atoms with Crippen LogP contribution in [0.4, 0.5) is 0 Å². The van der Waals surface area contributed by atoms with Crippen LogP contribution >= 0.6 is 0 Å². The normalized spacial score (nSPS) is 32.0. The SMILES string of the molecule is CCCCCCCC/C=C\CCCCCCCC12OC3CC(CC(C3)O1)O2. The molecule has 1 saturated carbocycles. The fourth-order valence-corrected chi connectivity index (χ4v) is 4.89. The zero-order valence-electron chi connectivity index (χ0n) is 17.6. The second-order valence-electron chi connectivity index (χ2n) is 8.94. The van der Waals surface area contributed by atoms with Gasteiger partial charge in [0.2, 0.25) is 0 Å². The number of ether oxygens (including phenoxy) is 3. The van der Waals surface area contributed by atoms with Crippen LogP contribution in [0, 0.1) is 0 Å². The lowest BCUT2D eigenvalue weighted by Gasteiger charge is -2.55. The van der Waals surface area contributed by atoms with Crippen molar-refractivity contribution < 1.29 is 14.2 Å². The molecule has 0 N–H and O–H groups in total. The van der Waals surface area contributed by atoms with Crippen molar-refractivity contribution in [2.75, 3.05) is 0 Å². The van der Waals surface area contributed by atoms with Gasteiger partial charge in [0.1, 0.15) is 0 Å². The minimum absolute atomic E-state index is 0.388. The molecule has 156 valence electrons. The van der Waals surface area contributed by atoms with E-state index >= 15 is 0 Å². The van der Waals surface area contributed by atoms with Crippen LogP contribution in [0.5, 0.6) is 0 Å². The molecule has 4 aliphatic rings. The van der Waals surface area contributed by atoms with E-state index in [1.807, 2.05) is 0 Å². The average Bonchev–Trinajstić information content (AvgIpc) is 2.64. The Morgan fingerprint density at radius 2 is 1.07 bits per heavy atom. The van der Waals surface area contributed by atoms with Crippen LogP contribution in [-0.2, 0) is 14.2 Å². The van der Waals surface area contributed by atoms with E-state index in [0.717, 1.165) is 32.1 Å². The molecule has 3 nitrogen and oxygen atoms in total. The lowest BCUT2D eigenvalue weighted by Crippen LogP contribution is -2.62. The highest BCUT2D eigenvalue weighted by Crippen LogP contribution is 2.46. The summed E-state index contributed by atoms with van der Waals surface area (Å²) in [5, 5.41) is 0. The maximum Gasteiger partial charge on any atom is 0.283 e. The highest BCUT2D eigenvalue weighted by atomic mass is 16.9. The molecule has 4 rings (SSSR count). The molecule has 0 aromatic rings. The van der Waals surface area contributed by atoms with E-state index in [-0.39, 0.29) is 0 Å². The minimum Gasteiger partial charge on any atom is -0.324 e. The van der Waals surface area contributed by atoms with Crippen LogP contribution in [0.25, 0.3) is 0 Å². The Kier molecular flexibility index (Phi) is 9.15. The minimum atomic E-state index is -0.673. The summed E-state index contributed by atoms with van der Waals surface area (Å²) in [6.07, 6.45) is 27.4. The van der Waals surface area contributed by atoms with Gasteiger partial charge in [-0.15, -0.1) is 0 Å². The molecule has 27 heavy (non-hydrogen) atoms. The van der Waals surface area contributed by atoms with Crippen molar-refractivity contribution >= 4 is 0 Å². The van der Waals surface area contributed by atoms with Crippen molar-refractivity contribution in [1.82, 2.24) is 0 Å². The number of hydrogen-bond acceptors (Lipinski definition) is 3. The zero-order chi connectivity index (χ0) is 18.8. The molecule has 0 radical (unpaired) electrons. The predicted octanol–water partition coefficient (Wildman–Crippen LogP) is 7.04. The molecule has 3 heterocycles. The van der Waals surface area contributed by atoms with Crippen molar-refractivity contribution in [3.63, 3.8) is 0 Å². The molecule has 1 aliphatic carbocycles. The van der Waals surface area contributed by atoms with Crippen LogP contribution in [0.3, 0.4) is 0 Å². The summed E-state index contributed by atoms with van der Waals surface area (Å²) in [7, 11) is 0. The van der Waals surface area contributed by atoms with E-state index < -0.39 is 5.97 Å². The fraction of sp³-hybridized carbons (Fsp3) is 0.917. The van der Waals surface area contributed by atoms with E-state index in [0.29, 0.717) is 18.3 Å². The lowest BCUT2D eigenvalue weighted by molar-refractivity contribution is -0.495. The van der Waals surface area contributed by atoms with E-state index in [2.05, 4.69) is 19.1 Å². The summed E-state index contributed by atoms with van der Waals surface area (Å²) < 4.78 is 18.2. The number of unbranched alkanes of at least 4 members (excludes halogenated alkanes) is 11. The van der Waals surface area contributed by atoms with Crippen molar-refractivity contribution in [3.05, 3.63) is 12.2 Å². The van der Waals surface area contributed by atoms with E-state index in [4.69, 9.17) is 14.2 Å². The van der Waals surface area contributed by atoms with Crippen LogP contribution in [-0.4, -0.2) is 24.3 Å². The Hall–Kier alpha value is -0.380. The standard InChI is InChI=1S/C24H42O3/c1-2-3-4-5-6-7-8-9-10-11-12-13-14-15-16-17-24-25-21-18-22(26-24)20-23(19-21)27-24/h9-10,21-23H,2-8,11-20H2,1H3/b10-9-. The highest BCUT2D eigenvalue weighted by Gasteiger charge is 2.54. The summed E-state index contributed by atoms with van der Waals surface area (Å²) in [5.41, 5.74) is 0. The van der Waals surface area contributed by atoms with Gasteiger partial charge in [0, 0.05) is 25.7 Å². The topological polar surface area (TPSA) is 27.7 Å². The predicted molar refractivity (Wildman–Crippen MR) is 111 cm³/mol. The van der Waals surface area contributed by atoms with Crippen LogP contribution in [0.15, 0.2) is 12.2 Å². The van der Waals surface area contributed by atoms with E-state index in [1.165, 1.54) is 77.0 Å². The maximum absolute atomic E-state index is 6.08. The first-order valence-corrected chi connectivity index (χ1v) is 12.0. The summed E-state index contributed by atoms with van der Waals surface area (Å²) >= 11 is 0. The molecule has 0 amide bonds. The van der Waals surface area contributed by atoms with Crippen molar-refractivity contribution in [3.8, 4) is 0 Å². The summed E-state index contributed by atoms with van der Waals surface area (Å²) in [6.45, 7) is 2.28. The molecule has 3 aliphatic heterocycles. The first-order chi connectivity index (χ1) is 13.3. The lowest BCUT2D eigenvalue weighted by atomic mass is 9.88. The van der Waals surface area contributed by atoms with Crippen molar-refractivity contribution in [1.29, 1.82) is 0 Å². The third kappa shape index (κ3) is 7.18. The third-order valence-electron chi connectivity index (χ3n) is 6.36. The average molecular weight is 379 g/mol. The van der Waals surface area contributed by atoms with Gasteiger partial charge in [-0.25, -0.2) is 0 Å². The Labute approximate surface area is 167 Å². The number of rotatable bonds is 15. The summed E-state index contributed by atoms with van der Waals surface area (Å²) in [5.74, 6) is -0.673. The first-order valence-electron chi connectivity index (χ1n) is 12.0. The Morgan fingerprint density at radius 3 is 1.59 bits per heavy atom. The molecular formula is C24H42O3. The molecule has 0 aromatic heterocycles. The zero-order valence-corrected chi connectivity index (χ0v) is 17.6. The van der Waals surface area contributed by atoms with Gasteiger partial charge < -0.3 is 14.2 Å². The second-order valence-corrected chi connectivity index (χ2v) is 8.94. The smallest absolute Gasteiger partial charge is 0.283 e. The largest absolute Gasteiger partial charge is 0.324 e. The molecule has 3 saturated heterocycles. The molecule has 3 heteroatoms. The van der Waals surface area contributed by atoms with Gasteiger partial charge in [0.15, 0.2) is 0 Å². The van der Waals surface area contributed by atoms with E-state index in [9.17, 15) is 0 Å². The van der Waals surface area contributed by atoms with E-state index in [1.54, 1.807) is 0 Å². The van der Waals surface area contributed by atoms with Gasteiger partial charge in [-0.2, -0.15) is 0 Å². The third-order valence-corrected chi connectivity index (χ3v) is 6.36. The molecule has 4 fully saturated rings. The summed E-state index contributed by atoms with van der Waals surface area (Å²) in [6, 6.07) is 0. The highest BCUT2D eigenvalue weighted by molar-refractivity contribution is 4.91. The molecule has 0 aromatic carbocycles. The Morgan fingerprint density at radius 1 is 0.630 bits per heavy atom. The van der Waals surface area contributed by atoms with Gasteiger partial charge >= 0.3 is 0 Å². The van der Waals surface area contributed by atoms with Crippen LogP contribution in [0.1, 0.15) is 116 Å². The van der Waals surface area contributed by atoms with Gasteiger partial charge in [0.05, 0.1) is 18.3 Å². The second kappa shape index (κ2) is 11.6. The molecule has 0 unspecified atom stereocenters. The van der Waals surface area contributed by atoms with Crippen molar-refractivity contribution in [2.24, 2.45) is 0 Å². The summed E-state index contributed by atoms with van der Waals surface area (Å²) in [4.78, 5) is 0. The van der Waals surface area contributed by atoms with Gasteiger partial charge in [-0.05, 0) is 32.1 Å². The van der Waals surface area contributed by atoms with Gasteiger partial charge in [0.25, 0.3) is 5.97 Å². The van der Waals surface area contributed by atoms with Gasteiger partial charge in [-0.3, -0.25) is 0 Å². The molecule has 4 bridgehead atoms. The Balaban J connectivity index is 1.12. The fourth-order valence-electron chi connectivity index (χ4n) is 4.89.